The molecule has 8 nitrogen and oxygen atoms in total. The number of pyridine rings is 2. The number of rotatable bonds is 8. The SMILES string of the molecule is CCc1ccc(C(=O)c2cn(CC(=O)Nc3ccc(OC)c(OC)c3)c3nc(C)ccc3c2=O)cc1. The molecule has 1 amide bonds. The molecule has 0 saturated heterocycles. The van der Waals surface area contributed by atoms with Gasteiger partial charge in [-0.1, -0.05) is 31.2 Å². The Labute approximate surface area is 208 Å². The number of anilines is 1. The molecule has 0 saturated carbocycles. The third-order valence-electron chi connectivity index (χ3n) is 5.91. The molecule has 36 heavy (non-hydrogen) atoms. The summed E-state index contributed by atoms with van der Waals surface area (Å²) >= 11 is 0. The fourth-order valence-corrected chi connectivity index (χ4v) is 3.96. The van der Waals surface area contributed by atoms with Crippen molar-refractivity contribution in [3.05, 3.63) is 93.4 Å². The zero-order valence-electron chi connectivity index (χ0n) is 20.6. The van der Waals surface area contributed by atoms with Crippen LogP contribution in [0.2, 0.25) is 0 Å². The minimum atomic E-state index is -0.418. The van der Waals surface area contributed by atoms with E-state index in [2.05, 4.69) is 10.3 Å². The quantitative estimate of drug-likeness (QED) is 0.377. The van der Waals surface area contributed by atoms with Gasteiger partial charge in [0, 0.05) is 29.2 Å². The Morgan fingerprint density at radius 1 is 0.972 bits per heavy atom. The molecule has 2 aromatic heterocycles. The van der Waals surface area contributed by atoms with Gasteiger partial charge in [-0.25, -0.2) is 4.98 Å². The molecule has 184 valence electrons. The van der Waals surface area contributed by atoms with E-state index in [-0.39, 0.29) is 23.4 Å². The second-order valence-corrected chi connectivity index (χ2v) is 8.32. The zero-order valence-corrected chi connectivity index (χ0v) is 20.6. The molecule has 2 heterocycles. The maximum absolute atomic E-state index is 13.3. The summed E-state index contributed by atoms with van der Waals surface area (Å²) in [6.07, 6.45) is 2.26. The van der Waals surface area contributed by atoms with Crippen molar-refractivity contribution in [2.75, 3.05) is 19.5 Å². The molecule has 0 unspecified atom stereocenters. The van der Waals surface area contributed by atoms with E-state index in [9.17, 15) is 14.4 Å². The van der Waals surface area contributed by atoms with E-state index in [1.165, 1.54) is 25.0 Å². The van der Waals surface area contributed by atoms with E-state index < -0.39 is 11.2 Å². The lowest BCUT2D eigenvalue weighted by atomic mass is 10.0. The molecule has 4 rings (SSSR count). The van der Waals surface area contributed by atoms with E-state index in [1.54, 1.807) is 49.4 Å². The summed E-state index contributed by atoms with van der Waals surface area (Å²) in [5, 5.41) is 3.09. The standard InChI is InChI=1S/C28H27N3O5/c1-5-18-7-9-19(10-8-18)26(33)22-15-31(28-21(27(22)34)12-6-17(2)29-28)16-25(32)30-20-11-13-23(35-3)24(14-20)36-4/h6-15H,5,16H2,1-4H3,(H,30,32). The van der Waals surface area contributed by atoms with E-state index >= 15 is 0 Å². The number of nitrogens with one attached hydrogen (secondary N) is 1. The molecule has 2 aromatic carbocycles. The average molecular weight is 486 g/mol. The molecular weight excluding hydrogens is 458 g/mol. The van der Waals surface area contributed by atoms with Gasteiger partial charge in [-0.3, -0.25) is 14.4 Å². The molecule has 0 radical (unpaired) electrons. The maximum atomic E-state index is 13.3. The van der Waals surface area contributed by atoms with Crippen LogP contribution < -0.4 is 20.2 Å². The maximum Gasteiger partial charge on any atom is 0.244 e. The normalized spacial score (nSPS) is 10.8. The van der Waals surface area contributed by atoms with Crippen molar-refractivity contribution in [3.8, 4) is 11.5 Å². The fourth-order valence-electron chi connectivity index (χ4n) is 3.96. The number of carbonyl (C=O) groups is 2. The van der Waals surface area contributed by atoms with Crippen LogP contribution in [-0.4, -0.2) is 35.5 Å². The Kier molecular flexibility index (Phi) is 7.15. The number of fused-ring (bicyclic) bond motifs is 1. The topological polar surface area (TPSA) is 99.5 Å². The Hall–Kier alpha value is -4.46. The lowest BCUT2D eigenvalue weighted by Gasteiger charge is -2.14. The number of nitrogens with zero attached hydrogens (tertiary/aromatic N) is 2. The van der Waals surface area contributed by atoms with Gasteiger partial charge in [0.25, 0.3) is 0 Å². The highest BCUT2D eigenvalue weighted by atomic mass is 16.5. The zero-order chi connectivity index (χ0) is 25.8. The predicted molar refractivity (Wildman–Crippen MR) is 138 cm³/mol. The molecule has 0 aliphatic carbocycles. The molecule has 0 fully saturated rings. The van der Waals surface area contributed by atoms with Gasteiger partial charge in [0.2, 0.25) is 11.3 Å². The molecular formula is C28H27N3O5. The monoisotopic (exact) mass is 485 g/mol. The first kappa shape index (κ1) is 24.7. The van der Waals surface area contributed by atoms with Crippen molar-refractivity contribution in [2.45, 2.75) is 26.8 Å². The van der Waals surface area contributed by atoms with Gasteiger partial charge in [-0.05, 0) is 43.2 Å². The van der Waals surface area contributed by atoms with Crippen LogP contribution in [0, 0.1) is 6.92 Å². The highest BCUT2D eigenvalue weighted by Crippen LogP contribution is 2.29. The van der Waals surface area contributed by atoms with Crippen LogP contribution in [0.15, 0.2) is 65.6 Å². The second kappa shape index (κ2) is 10.4. The molecule has 4 aromatic rings. The molecule has 0 aliphatic rings. The van der Waals surface area contributed by atoms with E-state index in [0.717, 1.165) is 12.0 Å². The van der Waals surface area contributed by atoms with Crippen molar-refractivity contribution < 1.29 is 19.1 Å². The first-order valence-electron chi connectivity index (χ1n) is 11.5. The second-order valence-electron chi connectivity index (χ2n) is 8.32. The Morgan fingerprint density at radius 2 is 1.69 bits per heavy atom. The largest absolute Gasteiger partial charge is 0.493 e. The number of hydrogen-bond acceptors (Lipinski definition) is 6. The molecule has 1 N–H and O–H groups in total. The first-order chi connectivity index (χ1) is 17.3. The average Bonchev–Trinajstić information content (AvgIpc) is 2.89. The minimum absolute atomic E-state index is 0.0173. The van der Waals surface area contributed by atoms with Crippen molar-refractivity contribution in [1.29, 1.82) is 0 Å². The number of aryl methyl sites for hydroxylation is 2. The van der Waals surface area contributed by atoms with Gasteiger partial charge in [-0.2, -0.15) is 0 Å². The van der Waals surface area contributed by atoms with Crippen LogP contribution in [0.3, 0.4) is 0 Å². The highest BCUT2D eigenvalue weighted by Gasteiger charge is 2.19. The molecule has 0 bridgehead atoms. The molecule has 0 aliphatic heterocycles. The van der Waals surface area contributed by atoms with Gasteiger partial charge < -0.3 is 19.4 Å². The predicted octanol–water partition coefficient (Wildman–Crippen LogP) is 4.15. The van der Waals surface area contributed by atoms with Gasteiger partial charge in [0.15, 0.2) is 17.3 Å². The lowest BCUT2D eigenvalue weighted by Crippen LogP contribution is -2.25. The Morgan fingerprint density at radius 3 is 2.36 bits per heavy atom. The van der Waals surface area contributed by atoms with Crippen LogP contribution in [0.25, 0.3) is 11.0 Å². The summed E-state index contributed by atoms with van der Waals surface area (Å²) in [6.45, 7) is 3.67. The summed E-state index contributed by atoms with van der Waals surface area (Å²) < 4.78 is 12.1. The third kappa shape index (κ3) is 4.98. The number of aromatic nitrogens is 2. The van der Waals surface area contributed by atoms with Crippen LogP contribution in [0.4, 0.5) is 5.69 Å². The summed E-state index contributed by atoms with van der Waals surface area (Å²) in [5.41, 5.74) is 2.60. The number of ketones is 1. The van der Waals surface area contributed by atoms with Crippen LogP contribution in [0.1, 0.15) is 34.1 Å². The number of benzene rings is 2. The van der Waals surface area contributed by atoms with E-state index in [1.807, 2.05) is 19.1 Å². The number of carbonyl (C=O) groups excluding carboxylic acids is 2. The van der Waals surface area contributed by atoms with Gasteiger partial charge in [-0.15, -0.1) is 0 Å². The Balaban J connectivity index is 1.71. The van der Waals surface area contributed by atoms with Crippen LogP contribution in [0.5, 0.6) is 11.5 Å². The molecule has 8 heteroatoms. The van der Waals surface area contributed by atoms with Crippen LogP contribution >= 0.6 is 0 Å². The van der Waals surface area contributed by atoms with Crippen LogP contribution in [-0.2, 0) is 17.8 Å². The van der Waals surface area contributed by atoms with Crippen molar-refractivity contribution in [1.82, 2.24) is 9.55 Å². The first-order valence-corrected chi connectivity index (χ1v) is 11.5. The van der Waals surface area contributed by atoms with Gasteiger partial charge >= 0.3 is 0 Å². The highest BCUT2D eigenvalue weighted by molar-refractivity contribution is 6.10. The Bertz CT molecular complexity index is 1510. The third-order valence-corrected chi connectivity index (χ3v) is 5.91. The number of amides is 1. The van der Waals surface area contributed by atoms with Crippen molar-refractivity contribution >= 4 is 28.4 Å². The number of ether oxygens (including phenoxy) is 2. The number of hydrogen-bond donors (Lipinski definition) is 1. The van der Waals surface area contributed by atoms with E-state index in [4.69, 9.17) is 9.47 Å². The summed E-state index contributed by atoms with van der Waals surface area (Å²) in [4.78, 5) is 44.0. The fraction of sp³-hybridized carbons (Fsp3) is 0.214. The van der Waals surface area contributed by atoms with Crippen molar-refractivity contribution in [2.24, 2.45) is 0 Å². The lowest BCUT2D eigenvalue weighted by molar-refractivity contribution is -0.116. The summed E-state index contributed by atoms with van der Waals surface area (Å²) in [6, 6.07) is 15.6. The minimum Gasteiger partial charge on any atom is -0.493 e. The molecule has 0 spiro atoms. The van der Waals surface area contributed by atoms with Crippen molar-refractivity contribution in [3.63, 3.8) is 0 Å². The van der Waals surface area contributed by atoms with E-state index in [0.29, 0.717) is 34.1 Å². The molecule has 0 atom stereocenters. The summed E-state index contributed by atoms with van der Waals surface area (Å²) in [7, 11) is 3.04. The van der Waals surface area contributed by atoms with Gasteiger partial charge in [0.05, 0.1) is 25.2 Å². The smallest absolute Gasteiger partial charge is 0.244 e. The van der Waals surface area contributed by atoms with Gasteiger partial charge in [0.1, 0.15) is 12.2 Å². The number of methoxy groups -OCH3 is 2. The summed E-state index contributed by atoms with van der Waals surface area (Å²) in [5.74, 6) is 0.250.